The van der Waals surface area contributed by atoms with E-state index in [1.54, 1.807) is 12.1 Å². The number of aromatic hydroxyl groups is 1. The average Bonchev–Trinajstić information content (AvgIpc) is 2.96. The Balaban J connectivity index is 1.73. The van der Waals surface area contributed by atoms with E-state index in [0.717, 1.165) is 11.1 Å². The number of aromatic amines is 1. The zero-order chi connectivity index (χ0) is 19.7. The van der Waals surface area contributed by atoms with E-state index >= 15 is 0 Å². The van der Waals surface area contributed by atoms with Crippen LogP contribution in [0.15, 0.2) is 29.3 Å². The van der Waals surface area contributed by atoms with Gasteiger partial charge in [0.05, 0.1) is 6.33 Å². The molecule has 5 N–H and O–H groups in total. The van der Waals surface area contributed by atoms with Crippen molar-refractivity contribution in [3.8, 4) is 5.75 Å². The Morgan fingerprint density at radius 3 is 2.81 bits per heavy atom. The predicted molar refractivity (Wildman–Crippen MR) is 101 cm³/mol. The number of nitrogens with zero attached hydrogens (tertiary/aromatic N) is 3. The lowest BCUT2D eigenvalue weighted by molar-refractivity contribution is -0.122. The second kappa shape index (κ2) is 7.10. The van der Waals surface area contributed by atoms with Crippen LogP contribution in [0.1, 0.15) is 30.9 Å². The van der Waals surface area contributed by atoms with Gasteiger partial charge in [-0.05, 0) is 37.1 Å². The van der Waals surface area contributed by atoms with Gasteiger partial charge in [-0.3, -0.25) is 14.6 Å². The third-order valence-electron chi connectivity index (χ3n) is 4.56. The molecule has 0 saturated heterocycles. The first-order valence-electron chi connectivity index (χ1n) is 8.55. The van der Waals surface area contributed by atoms with E-state index in [-0.39, 0.29) is 47.3 Å². The molecule has 9 nitrogen and oxygen atoms in total. The number of hydrogen-bond donors (Lipinski definition) is 4. The number of rotatable bonds is 5. The fraction of sp³-hybridized carbons (Fsp3) is 0.333. The van der Waals surface area contributed by atoms with Gasteiger partial charge in [0.15, 0.2) is 11.2 Å². The molecule has 0 saturated carbocycles. The Bertz CT molecular complexity index is 1030. The maximum absolute atomic E-state index is 12.4. The third kappa shape index (κ3) is 3.91. The highest BCUT2D eigenvalue weighted by molar-refractivity contribution is 5.79. The molecule has 9 heteroatoms. The standard InChI is InChI=1S/C18H22N6O3/c1-9-4-12(6-13(25)5-9)10(2)11(3)21-14(26)7-24-8-20-15-16(24)22-18(19)23-17(15)27/h4-6,8,10-11,25H,7H2,1-3H3,(H,21,26)(H3,19,22,23,27). The quantitative estimate of drug-likeness (QED) is 0.529. The smallest absolute Gasteiger partial charge is 0.280 e. The fourth-order valence-corrected chi connectivity index (χ4v) is 3.01. The van der Waals surface area contributed by atoms with Gasteiger partial charge in [0.1, 0.15) is 12.3 Å². The first-order chi connectivity index (χ1) is 12.7. The highest BCUT2D eigenvalue weighted by Gasteiger charge is 2.19. The summed E-state index contributed by atoms with van der Waals surface area (Å²) in [5.41, 5.74) is 7.40. The number of nitrogens with two attached hydrogens (primary N) is 1. The molecule has 3 aromatic rings. The van der Waals surface area contributed by atoms with Crippen molar-refractivity contribution in [1.82, 2.24) is 24.8 Å². The Labute approximate surface area is 155 Å². The number of hydrogen-bond acceptors (Lipinski definition) is 6. The SMILES string of the molecule is Cc1cc(O)cc(C(C)C(C)NC(=O)Cn2cnc3c(=O)[nH]c(N)nc32)c1. The van der Waals surface area contributed by atoms with Gasteiger partial charge in [-0.25, -0.2) is 4.98 Å². The van der Waals surface area contributed by atoms with Crippen molar-refractivity contribution in [3.63, 3.8) is 0 Å². The van der Waals surface area contributed by atoms with Gasteiger partial charge in [-0.2, -0.15) is 4.98 Å². The van der Waals surface area contributed by atoms with Crippen molar-refractivity contribution in [2.24, 2.45) is 0 Å². The van der Waals surface area contributed by atoms with Crippen LogP contribution in [0.2, 0.25) is 0 Å². The van der Waals surface area contributed by atoms with Crippen LogP contribution in [0.5, 0.6) is 5.75 Å². The van der Waals surface area contributed by atoms with Gasteiger partial charge >= 0.3 is 0 Å². The van der Waals surface area contributed by atoms with Crippen LogP contribution in [0.3, 0.4) is 0 Å². The number of carbonyl (C=O) groups is 1. The zero-order valence-electron chi connectivity index (χ0n) is 15.4. The van der Waals surface area contributed by atoms with Crippen LogP contribution < -0.4 is 16.6 Å². The molecule has 0 radical (unpaired) electrons. The Morgan fingerprint density at radius 2 is 2.11 bits per heavy atom. The number of aromatic nitrogens is 4. The Hall–Kier alpha value is -3.36. The summed E-state index contributed by atoms with van der Waals surface area (Å²) in [5, 5.41) is 12.7. The molecule has 2 heterocycles. The van der Waals surface area contributed by atoms with Crippen molar-refractivity contribution in [1.29, 1.82) is 0 Å². The average molecular weight is 370 g/mol. The lowest BCUT2D eigenvalue weighted by Crippen LogP contribution is -2.38. The number of aryl methyl sites for hydroxylation is 1. The van der Waals surface area contributed by atoms with Crippen molar-refractivity contribution in [3.05, 3.63) is 46.0 Å². The summed E-state index contributed by atoms with van der Waals surface area (Å²) in [6.07, 6.45) is 1.39. The van der Waals surface area contributed by atoms with E-state index in [2.05, 4.69) is 20.3 Å². The summed E-state index contributed by atoms with van der Waals surface area (Å²) in [5.74, 6) is -0.0767. The van der Waals surface area contributed by atoms with Crippen molar-refractivity contribution < 1.29 is 9.90 Å². The van der Waals surface area contributed by atoms with Crippen molar-refractivity contribution in [2.45, 2.75) is 39.3 Å². The summed E-state index contributed by atoms with van der Waals surface area (Å²) in [7, 11) is 0. The van der Waals surface area contributed by atoms with Gasteiger partial charge in [0.25, 0.3) is 5.56 Å². The number of imidazole rings is 1. The van der Waals surface area contributed by atoms with Crippen molar-refractivity contribution >= 4 is 23.0 Å². The number of amides is 1. The van der Waals surface area contributed by atoms with Crippen LogP contribution in [-0.4, -0.2) is 36.6 Å². The van der Waals surface area contributed by atoms with Crippen molar-refractivity contribution in [2.75, 3.05) is 5.73 Å². The van der Waals surface area contributed by atoms with Gasteiger partial charge in [-0.1, -0.05) is 13.0 Å². The summed E-state index contributed by atoms with van der Waals surface area (Å²) < 4.78 is 1.48. The summed E-state index contributed by atoms with van der Waals surface area (Å²) in [4.78, 5) is 34.7. The molecule has 2 aromatic heterocycles. The molecule has 0 fully saturated rings. The highest BCUT2D eigenvalue weighted by atomic mass is 16.3. The molecular weight excluding hydrogens is 348 g/mol. The van der Waals surface area contributed by atoms with E-state index in [4.69, 9.17) is 5.73 Å². The van der Waals surface area contributed by atoms with E-state index in [1.807, 2.05) is 26.8 Å². The van der Waals surface area contributed by atoms with E-state index in [9.17, 15) is 14.7 Å². The van der Waals surface area contributed by atoms with E-state index in [1.165, 1.54) is 10.9 Å². The maximum Gasteiger partial charge on any atom is 0.280 e. The number of nitrogen functional groups attached to an aromatic ring is 1. The molecule has 1 aromatic carbocycles. The number of carbonyl (C=O) groups excluding carboxylic acids is 1. The minimum atomic E-state index is -0.446. The number of fused-ring (bicyclic) bond motifs is 1. The molecule has 1 amide bonds. The lowest BCUT2D eigenvalue weighted by atomic mass is 9.93. The van der Waals surface area contributed by atoms with E-state index in [0.29, 0.717) is 0 Å². The molecule has 142 valence electrons. The third-order valence-corrected chi connectivity index (χ3v) is 4.56. The largest absolute Gasteiger partial charge is 0.508 e. The number of phenolic OH excluding ortho intramolecular Hbond substituents is 1. The van der Waals surface area contributed by atoms with E-state index < -0.39 is 5.56 Å². The molecule has 3 rings (SSSR count). The number of phenols is 1. The fourth-order valence-electron chi connectivity index (χ4n) is 3.01. The summed E-state index contributed by atoms with van der Waals surface area (Å²) >= 11 is 0. The Kier molecular flexibility index (Phi) is 4.85. The molecule has 0 aliphatic carbocycles. The Morgan fingerprint density at radius 1 is 1.37 bits per heavy atom. The predicted octanol–water partition coefficient (Wildman–Crippen LogP) is 1.02. The minimum Gasteiger partial charge on any atom is -0.508 e. The monoisotopic (exact) mass is 370 g/mol. The second-order valence-corrected chi connectivity index (χ2v) is 6.74. The topological polar surface area (TPSA) is 139 Å². The van der Waals surface area contributed by atoms with Gasteiger partial charge in [0, 0.05) is 12.0 Å². The van der Waals surface area contributed by atoms with Gasteiger partial charge in [-0.15, -0.1) is 0 Å². The highest BCUT2D eigenvalue weighted by Crippen LogP contribution is 2.24. The first kappa shape index (κ1) is 18.4. The summed E-state index contributed by atoms with van der Waals surface area (Å²) in [6.45, 7) is 5.74. The molecule has 0 spiro atoms. The lowest BCUT2D eigenvalue weighted by Gasteiger charge is -2.22. The molecule has 2 unspecified atom stereocenters. The second-order valence-electron chi connectivity index (χ2n) is 6.74. The number of H-pyrrole nitrogens is 1. The van der Waals surface area contributed by atoms with Crippen LogP contribution >= 0.6 is 0 Å². The molecule has 0 bridgehead atoms. The molecular formula is C18H22N6O3. The first-order valence-corrected chi connectivity index (χ1v) is 8.55. The molecule has 0 aliphatic heterocycles. The van der Waals surface area contributed by atoms with Gasteiger partial charge in [0.2, 0.25) is 11.9 Å². The van der Waals surface area contributed by atoms with Crippen LogP contribution in [0.4, 0.5) is 5.95 Å². The number of benzene rings is 1. The number of nitrogens with one attached hydrogen (secondary N) is 2. The van der Waals surface area contributed by atoms with Crippen LogP contribution in [-0.2, 0) is 11.3 Å². The minimum absolute atomic E-state index is 0.00380. The molecule has 2 atom stereocenters. The molecule has 27 heavy (non-hydrogen) atoms. The molecule has 0 aliphatic rings. The maximum atomic E-state index is 12.4. The van der Waals surface area contributed by atoms with Crippen LogP contribution in [0, 0.1) is 6.92 Å². The number of anilines is 1. The van der Waals surface area contributed by atoms with Crippen LogP contribution in [0.25, 0.3) is 11.2 Å². The zero-order valence-corrected chi connectivity index (χ0v) is 15.4. The van der Waals surface area contributed by atoms with Gasteiger partial charge < -0.3 is 20.7 Å². The normalized spacial score (nSPS) is 13.4. The summed E-state index contributed by atoms with van der Waals surface area (Å²) in [6, 6.07) is 5.19.